The lowest BCUT2D eigenvalue weighted by Crippen LogP contribution is -2.52. The van der Waals surface area contributed by atoms with Crippen molar-refractivity contribution in [1.82, 2.24) is 19.8 Å². The lowest BCUT2D eigenvalue weighted by atomic mass is 10.00. The summed E-state index contributed by atoms with van der Waals surface area (Å²) >= 11 is 0. The van der Waals surface area contributed by atoms with E-state index in [1.54, 1.807) is 29.6 Å². The average Bonchev–Trinajstić information content (AvgIpc) is 3.36. The zero-order chi connectivity index (χ0) is 22.4. The zero-order valence-corrected chi connectivity index (χ0v) is 17.3. The van der Waals surface area contributed by atoms with Crippen molar-refractivity contribution in [3.05, 3.63) is 59.3 Å². The molecule has 3 amide bonds. The number of piperidine rings is 1. The first-order valence-electron chi connectivity index (χ1n) is 10.4. The fourth-order valence-electron chi connectivity index (χ4n) is 4.41. The van der Waals surface area contributed by atoms with Gasteiger partial charge >= 0.3 is 5.97 Å². The van der Waals surface area contributed by atoms with Gasteiger partial charge in [-0.2, -0.15) is 5.10 Å². The van der Waals surface area contributed by atoms with Gasteiger partial charge in [0.05, 0.1) is 24.0 Å². The first kappa shape index (κ1) is 19.9. The van der Waals surface area contributed by atoms with Gasteiger partial charge in [0.2, 0.25) is 11.8 Å². The number of hydrogen-bond donors (Lipinski definition) is 1. The molecule has 2 aliphatic rings. The van der Waals surface area contributed by atoms with Crippen LogP contribution in [0.5, 0.6) is 0 Å². The number of pyridine rings is 1. The molecule has 0 radical (unpaired) electrons. The Balaban J connectivity index is 1.56. The van der Waals surface area contributed by atoms with Crippen LogP contribution in [0.25, 0.3) is 16.8 Å². The van der Waals surface area contributed by atoms with Gasteiger partial charge in [-0.25, -0.2) is 9.31 Å². The van der Waals surface area contributed by atoms with Crippen LogP contribution in [0, 0.1) is 0 Å². The molecule has 5 rings (SSSR count). The third kappa shape index (κ3) is 3.05. The van der Waals surface area contributed by atoms with Crippen LogP contribution >= 0.6 is 0 Å². The lowest BCUT2D eigenvalue weighted by Gasteiger charge is -2.29. The van der Waals surface area contributed by atoms with E-state index in [0.717, 1.165) is 11.1 Å². The van der Waals surface area contributed by atoms with Crippen molar-refractivity contribution >= 4 is 29.2 Å². The molecule has 2 aromatic heterocycles. The number of hydrogen-bond acceptors (Lipinski definition) is 6. The number of imide groups is 1. The molecule has 0 spiro atoms. The van der Waals surface area contributed by atoms with E-state index in [4.69, 9.17) is 4.74 Å². The molecule has 1 unspecified atom stereocenters. The number of ether oxygens (including phenoxy) is 1. The number of carbonyl (C=O) groups is 4. The Morgan fingerprint density at radius 3 is 2.72 bits per heavy atom. The summed E-state index contributed by atoms with van der Waals surface area (Å²) < 4.78 is 6.78. The van der Waals surface area contributed by atoms with Crippen molar-refractivity contribution in [3.8, 4) is 11.3 Å². The van der Waals surface area contributed by atoms with E-state index in [2.05, 4.69) is 10.4 Å². The number of carbonyl (C=O) groups excluding carboxylic acids is 4. The second kappa shape index (κ2) is 7.60. The van der Waals surface area contributed by atoms with Crippen LogP contribution in [0.3, 0.4) is 0 Å². The monoisotopic (exact) mass is 432 g/mol. The maximum absolute atomic E-state index is 13.1. The standard InChI is InChI=1S/C23H20N4O5/c1-2-32-23(31)15-11-24-27-17(7-4-8-18(15)27)13-5-3-6-14-16(13)12-26(22(14)30)19-9-10-20(28)25-21(19)29/h3-8,11,19H,2,9-10,12H2,1H3,(H,25,28,29). The Kier molecular flexibility index (Phi) is 4.73. The minimum absolute atomic E-state index is 0.201. The molecule has 1 saturated heterocycles. The summed E-state index contributed by atoms with van der Waals surface area (Å²) in [5, 5.41) is 6.71. The van der Waals surface area contributed by atoms with Crippen molar-refractivity contribution < 1.29 is 23.9 Å². The molecule has 32 heavy (non-hydrogen) atoms. The molecule has 1 N–H and O–H groups in total. The number of nitrogens with zero attached hydrogens (tertiary/aromatic N) is 3. The summed E-state index contributed by atoms with van der Waals surface area (Å²) in [6.45, 7) is 2.26. The van der Waals surface area contributed by atoms with E-state index >= 15 is 0 Å². The van der Waals surface area contributed by atoms with Crippen molar-refractivity contribution in [2.75, 3.05) is 6.61 Å². The fourth-order valence-corrected chi connectivity index (χ4v) is 4.41. The molecule has 2 aliphatic heterocycles. The van der Waals surface area contributed by atoms with E-state index in [1.807, 2.05) is 18.2 Å². The van der Waals surface area contributed by atoms with Gasteiger partial charge in [-0.05, 0) is 37.1 Å². The lowest BCUT2D eigenvalue weighted by molar-refractivity contribution is -0.136. The van der Waals surface area contributed by atoms with Crippen LogP contribution in [-0.2, 0) is 20.9 Å². The van der Waals surface area contributed by atoms with E-state index in [1.165, 1.54) is 11.1 Å². The summed E-state index contributed by atoms with van der Waals surface area (Å²) in [7, 11) is 0. The van der Waals surface area contributed by atoms with Crippen LogP contribution in [0.4, 0.5) is 0 Å². The van der Waals surface area contributed by atoms with Gasteiger partial charge in [-0.3, -0.25) is 19.7 Å². The van der Waals surface area contributed by atoms with Crippen LogP contribution in [0.15, 0.2) is 42.6 Å². The van der Waals surface area contributed by atoms with Gasteiger partial charge in [0.15, 0.2) is 0 Å². The van der Waals surface area contributed by atoms with Crippen molar-refractivity contribution in [2.45, 2.75) is 32.4 Å². The Hall–Kier alpha value is -4.01. The Morgan fingerprint density at radius 1 is 1.16 bits per heavy atom. The zero-order valence-electron chi connectivity index (χ0n) is 17.3. The number of amides is 3. The number of rotatable bonds is 4. The van der Waals surface area contributed by atoms with Crippen LogP contribution in [0.2, 0.25) is 0 Å². The molecule has 9 nitrogen and oxygen atoms in total. The molecular formula is C23H20N4O5. The highest BCUT2D eigenvalue weighted by Crippen LogP contribution is 2.35. The fraction of sp³-hybridized carbons (Fsp3) is 0.261. The number of nitrogens with one attached hydrogen (secondary N) is 1. The molecule has 1 fully saturated rings. The first-order chi connectivity index (χ1) is 15.5. The van der Waals surface area contributed by atoms with Crippen molar-refractivity contribution in [3.63, 3.8) is 0 Å². The summed E-state index contributed by atoms with van der Waals surface area (Å²) in [4.78, 5) is 50.8. The van der Waals surface area contributed by atoms with E-state index in [0.29, 0.717) is 28.8 Å². The van der Waals surface area contributed by atoms with Gasteiger partial charge in [-0.1, -0.05) is 18.2 Å². The number of benzene rings is 1. The van der Waals surface area contributed by atoms with Crippen molar-refractivity contribution in [2.24, 2.45) is 0 Å². The highest BCUT2D eigenvalue weighted by Gasteiger charge is 2.40. The molecule has 4 heterocycles. The third-order valence-corrected chi connectivity index (χ3v) is 5.90. The predicted octanol–water partition coefficient (Wildman–Crippen LogP) is 1.94. The molecule has 0 bridgehead atoms. The molecule has 3 aromatic rings. The SMILES string of the molecule is CCOC(=O)c1cnn2c(-c3cccc4c3CN(C3CCC(=O)NC3=O)C4=O)cccc12. The smallest absolute Gasteiger partial charge is 0.341 e. The molecule has 1 aromatic carbocycles. The second-order valence-corrected chi connectivity index (χ2v) is 7.72. The first-order valence-corrected chi connectivity index (χ1v) is 10.4. The largest absolute Gasteiger partial charge is 0.462 e. The quantitative estimate of drug-likeness (QED) is 0.498. The van der Waals surface area contributed by atoms with Crippen LogP contribution < -0.4 is 5.32 Å². The number of aromatic nitrogens is 2. The van der Waals surface area contributed by atoms with E-state index < -0.39 is 17.9 Å². The Morgan fingerprint density at radius 2 is 1.94 bits per heavy atom. The molecule has 9 heteroatoms. The highest BCUT2D eigenvalue weighted by molar-refractivity contribution is 6.06. The molecule has 1 atom stereocenters. The highest BCUT2D eigenvalue weighted by atomic mass is 16.5. The van der Waals surface area contributed by atoms with E-state index in [-0.39, 0.29) is 31.4 Å². The summed E-state index contributed by atoms with van der Waals surface area (Å²) in [5.41, 5.74) is 3.76. The average molecular weight is 432 g/mol. The second-order valence-electron chi connectivity index (χ2n) is 7.72. The molecule has 0 aliphatic carbocycles. The van der Waals surface area contributed by atoms with Gasteiger partial charge in [0.25, 0.3) is 5.91 Å². The van der Waals surface area contributed by atoms with Gasteiger partial charge in [0, 0.05) is 24.1 Å². The minimum atomic E-state index is -0.684. The maximum atomic E-state index is 13.1. The topological polar surface area (TPSA) is 110 Å². The summed E-state index contributed by atoms with van der Waals surface area (Å²) in [5.74, 6) is -1.45. The number of fused-ring (bicyclic) bond motifs is 2. The predicted molar refractivity (Wildman–Crippen MR) is 113 cm³/mol. The van der Waals surface area contributed by atoms with E-state index in [9.17, 15) is 19.2 Å². The normalized spacial score (nSPS) is 18.1. The maximum Gasteiger partial charge on any atom is 0.341 e. The van der Waals surface area contributed by atoms with Crippen LogP contribution in [0.1, 0.15) is 46.0 Å². The van der Waals surface area contributed by atoms with Gasteiger partial charge in [-0.15, -0.1) is 0 Å². The minimum Gasteiger partial charge on any atom is -0.462 e. The Bertz CT molecular complexity index is 1290. The number of esters is 1. The van der Waals surface area contributed by atoms with Gasteiger partial charge < -0.3 is 9.64 Å². The summed E-state index contributed by atoms with van der Waals surface area (Å²) in [6.07, 6.45) is 1.98. The van der Waals surface area contributed by atoms with Crippen molar-refractivity contribution in [1.29, 1.82) is 0 Å². The van der Waals surface area contributed by atoms with Crippen LogP contribution in [-0.4, -0.2) is 50.9 Å². The Labute approximate surface area is 183 Å². The third-order valence-electron chi connectivity index (χ3n) is 5.90. The molecule has 162 valence electrons. The molecular weight excluding hydrogens is 412 g/mol. The van der Waals surface area contributed by atoms with Gasteiger partial charge in [0.1, 0.15) is 11.6 Å². The molecule has 0 saturated carbocycles. The summed E-state index contributed by atoms with van der Waals surface area (Å²) in [6, 6.07) is 10.2.